The van der Waals surface area contributed by atoms with E-state index >= 15 is 0 Å². The average molecular weight is 410 g/mol. The summed E-state index contributed by atoms with van der Waals surface area (Å²) in [6.07, 6.45) is 2.51. The predicted octanol–water partition coefficient (Wildman–Crippen LogP) is 2.83. The summed E-state index contributed by atoms with van der Waals surface area (Å²) in [5.41, 5.74) is 2.30. The van der Waals surface area contributed by atoms with Gasteiger partial charge in [0.25, 0.3) is 5.91 Å². The number of hydrazone groups is 1. The van der Waals surface area contributed by atoms with Gasteiger partial charge in [0, 0.05) is 18.0 Å². The third-order valence-electron chi connectivity index (χ3n) is 4.39. The highest BCUT2D eigenvalue weighted by atomic mass is 35.5. The van der Waals surface area contributed by atoms with Crippen LogP contribution in [0.4, 0.5) is 0 Å². The van der Waals surface area contributed by atoms with Crippen LogP contribution in [-0.2, 0) is 14.8 Å². The maximum atomic E-state index is 12.4. The van der Waals surface area contributed by atoms with E-state index in [0.717, 1.165) is 16.5 Å². The maximum absolute atomic E-state index is 12.4. The van der Waals surface area contributed by atoms with Crippen molar-refractivity contribution in [3.8, 4) is 0 Å². The van der Waals surface area contributed by atoms with Crippen LogP contribution in [0.25, 0.3) is 0 Å². The van der Waals surface area contributed by atoms with Crippen molar-refractivity contribution in [2.45, 2.75) is 24.2 Å². The van der Waals surface area contributed by atoms with Crippen molar-refractivity contribution in [3.05, 3.63) is 52.9 Å². The van der Waals surface area contributed by atoms with Gasteiger partial charge in [0.2, 0.25) is 10.0 Å². The molecule has 1 fully saturated rings. The number of rotatable bonds is 7. The monoisotopic (exact) mass is 409 g/mol. The van der Waals surface area contributed by atoms with Crippen LogP contribution in [0.15, 0.2) is 50.8 Å². The van der Waals surface area contributed by atoms with Crippen LogP contribution >= 0.6 is 11.6 Å². The van der Waals surface area contributed by atoms with Gasteiger partial charge in [0.1, 0.15) is 11.5 Å². The molecule has 1 aliphatic rings. The summed E-state index contributed by atoms with van der Waals surface area (Å²) < 4.78 is 31.4. The number of benzene rings is 1. The smallest absolute Gasteiger partial charge is 0.255 e. The van der Waals surface area contributed by atoms with Crippen LogP contribution in [0.5, 0.6) is 0 Å². The molecule has 9 heteroatoms. The van der Waals surface area contributed by atoms with E-state index in [0.29, 0.717) is 22.6 Å². The molecule has 7 nitrogen and oxygen atoms in total. The molecular weight excluding hydrogens is 390 g/mol. The van der Waals surface area contributed by atoms with E-state index < -0.39 is 15.9 Å². The molecule has 0 radical (unpaired) electrons. The first-order valence-electron chi connectivity index (χ1n) is 8.41. The molecule has 0 aliphatic heterocycles. The van der Waals surface area contributed by atoms with Gasteiger partial charge in [-0.05, 0) is 48.7 Å². The molecule has 0 saturated heterocycles. The van der Waals surface area contributed by atoms with Crippen LogP contribution < -0.4 is 5.43 Å². The van der Waals surface area contributed by atoms with Gasteiger partial charge in [-0.25, -0.2) is 13.8 Å². The Kier molecular flexibility index (Phi) is 5.69. The molecule has 0 unspecified atom stereocenters. The number of amides is 1. The Morgan fingerprint density at radius 2 is 2.00 bits per heavy atom. The summed E-state index contributed by atoms with van der Waals surface area (Å²) in [7, 11) is -2.47. The van der Waals surface area contributed by atoms with Crippen molar-refractivity contribution in [3.63, 3.8) is 0 Å². The largest absolute Gasteiger partial charge is 0.460 e. The number of carbonyl (C=O) groups is 1. The van der Waals surface area contributed by atoms with E-state index in [1.54, 1.807) is 6.07 Å². The molecular formula is C18H20ClN3O4S. The number of hydrogen-bond acceptors (Lipinski definition) is 5. The summed E-state index contributed by atoms with van der Waals surface area (Å²) in [6.45, 7) is 1.79. The fourth-order valence-corrected chi connectivity index (χ4v) is 3.89. The van der Waals surface area contributed by atoms with Crippen LogP contribution in [0.1, 0.15) is 30.8 Å². The minimum atomic E-state index is -3.79. The van der Waals surface area contributed by atoms with Crippen LogP contribution in [-0.4, -0.2) is 38.4 Å². The van der Waals surface area contributed by atoms with Gasteiger partial charge in [0.05, 0.1) is 17.7 Å². The Morgan fingerprint density at radius 3 is 2.63 bits per heavy atom. The zero-order chi connectivity index (χ0) is 19.6. The molecule has 1 aliphatic carbocycles. The fourth-order valence-electron chi connectivity index (χ4n) is 2.63. The summed E-state index contributed by atoms with van der Waals surface area (Å²) >= 11 is 5.77. The molecule has 2 atom stereocenters. The van der Waals surface area contributed by atoms with Gasteiger partial charge in [-0.15, -0.1) is 0 Å². The topological polar surface area (TPSA) is 92.0 Å². The van der Waals surface area contributed by atoms with Gasteiger partial charge >= 0.3 is 0 Å². The number of sulfonamides is 1. The second-order valence-electron chi connectivity index (χ2n) is 6.57. The zero-order valence-electron chi connectivity index (χ0n) is 14.9. The second kappa shape index (κ2) is 7.84. The van der Waals surface area contributed by atoms with Crippen molar-refractivity contribution in [2.75, 3.05) is 13.6 Å². The quantitative estimate of drug-likeness (QED) is 0.562. The summed E-state index contributed by atoms with van der Waals surface area (Å²) in [5.74, 6) is 2.00. The Hall–Kier alpha value is -2.16. The summed E-state index contributed by atoms with van der Waals surface area (Å²) in [6, 6.07) is 9.43. The van der Waals surface area contributed by atoms with E-state index in [4.69, 9.17) is 16.0 Å². The van der Waals surface area contributed by atoms with E-state index in [1.165, 1.54) is 37.5 Å². The number of hydrogen-bond donors (Lipinski definition) is 1. The van der Waals surface area contributed by atoms with Crippen molar-refractivity contribution in [1.29, 1.82) is 0 Å². The molecule has 1 aromatic carbocycles. The third-order valence-corrected chi connectivity index (χ3v) is 6.46. The lowest BCUT2D eigenvalue weighted by Gasteiger charge is -2.16. The Morgan fingerprint density at radius 1 is 1.33 bits per heavy atom. The van der Waals surface area contributed by atoms with Crippen molar-refractivity contribution in [2.24, 2.45) is 11.0 Å². The van der Waals surface area contributed by atoms with Crippen molar-refractivity contribution >= 4 is 33.7 Å². The minimum absolute atomic E-state index is 0.0584. The molecule has 27 heavy (non-hydrogen) atoms. The van der Waals surface area contributed by atoms with Gasteiger partial charge in [-0.2, -0.15) is 9.41 Å². The number of halogens is 1. The highest BCUT2D eigenvalue weighted by Crippen LogP contribution is 2.47. The molecule has 0 bridgehead atoms. The first kappa shape index (κ1) is 19.6. The Labute approximate surface area is 163 Å². The van der Waals surface area contributed by atoms with E-state index in [2.05, 4.69) is 17.5 Å². The van der Waals surface area contributed by atoms with Gasteiger partial charge in [0.15, 0.2) is 0 Å². The van der Waals surface area contributed by atoms with Crippen LogP contribution in [0.3, 0.4) is 0 Å². The van der Waals surface area contributed by atoms with Gasteiger partial charge in [-0.3, -0.25) is 4.79 Å². The zero-order valence-corrected chi connectivity index (χ0v) is 16.5. The molecule has 2 aromatic rings. The minimum Gasteiger partial charge on any atom is -0.460 e. The van der Waals surface area contributed by atoms with Crippen molar-refractivity contribution in [1.82, 2.24) is 9.73 Å². The number of carbonyl (C=O) groups excluding carboxylic acids is 1. The predicted molar refractivity (Wildman–Crippen MR) is 102 cm³/mol. The molecule has 1 saturated carbocycles. The lowest BCUT2D eigenvalue weighted by atomic mass is 10.3. The van der Waals surface area contributed by atoms with Gasteiger partial charge < -0.3 is 4.42 Å². The highest BCUT2D eigenvalue weighted by Gasteiger charge is 2.36. The van der Waals surface area contributed by atoms with Gasteiger partial charge in [-0.1, -0.05) is 18.5 Å². The van der Waals surface area contributed by atoms with Crippen LogP contribution in [0.2, 0.25) is 5.02 Å². The normalized spacial score (nSPS) is 19.6. The van der Waals surface area contributed by atoms with Crippen molar-refractivity contribution < 1.29 is 17.6 Å². The third kappa shape index (κ3) is 4.77. The number of furan rings is 1. The van der Waals surface area contributed by atoms with E-state index in [1.807, 2.05) is 6.07 Å². The SMILES string of the molecule is C[C@H]1C[C@@H]1c1ccc(/C=N\NC(=O)CN(C)S(=O)(=O)c2ccc(Cl)cc2)o1. The standard InChI is InChI=1S/C18H20ClN3O4S/c1-12-9-16(12)17-8-5-14(26-17)10-20-21-18(23)11-22(2)27(24,25)15-6-3-13(19)4-7-15/h3-8,10,12,16H,9,11H2,1-2H3,(H,21,23)/b20-10-/t12-,16-/m0/s1. The Bertz CT molecular complexity index is 953. The maximum Gasteiger partial charge on any atom is 0.255 e. The summed E-state index contributed by atoms with van der Waals surface area (Å²) in [5, 5.41) is 4.25. The molecule has 144 valence electrons. The molecule has 1 heterocycles. The molecule has 1 amide bonds. The van der Waals surface area contributed by atoms with E-state index in [9.17, 15) is 13.2 Å². The second-order valence-corrected chi connectivity index (χ2v) is 9.05. The molecule has 0 spiro atoms. The number of likely N-dealkylation sites (N-methyl/N-ethyl adjacent to an activating group) is 1. The molecule has 3 rings (SSSR count). The lowest BCUT2D eigenvalue weighted by Crippen LogP contribution is -2.36. The van der Waals surface area contributed by atoms with Crippen LogP contribution in [0, 0.1) is 5.92 Å². The first-order chi connectivity index (χ1) is 12.8. The summed E-state index contributed by atoms with van der Waals surface area (Å²) in [4.78, 5) is 12.0. The molecule has 1 aromatic heterocycles. The van der Waals surface area contributed by atoms with E-state index in [-0.39, 0.29) is 11.4 Å². The Balaban J connectivity index is 1.53. The molecule has 1 N–H and O–H groups in total. The highest BCUT2D eigenvalue weighted by molar-refractivity contribution is 7.89. The fraction of sp³-hybridized carbons (Fsp3) is 0.333. The number of nitrogens with one attached hydrogen (secondary N) is 1. The first-order valence-corrected chi connectivity index (χ1v) is 10.2. The lowest BCUT2D eigenvalue weighted by molar-refractivity contribution is -0.121. The average Bonchev–Trinajstić information content (AvgIpc) is 3.16. The number of nitrogens with zero attached hydrogens (tertiary/aromatic N) is 2.